The second kappa shape index (κ2) is 5.93. The molecule has 0 spiro atoms. The van der Waals surface area contributed by atoms with Crippen LogP contribution in [0.3, 0.4) is 0 Å². The second-order valence-corrected chi connectivity index (χ2v) is 5.31. The van der Waals surface area contributed by atoms with E-state index in [0.29, 0.717) is 17.0 Å². The summed E-state index contributed by atoms with van der Waals surface area (Å²) >= 11 is 3.35. The van der Waals surface area contributed by atoms with Gasteiger partial charge in [-0.1, -0.05) is 15.9 Å². The van der Waals surface area contributed by atoms with Crippen molar-refractivity contribution < 1.29 is 9.13 Å². The van der Waals surface area contributed by atoms with Gasteiger partial charge in [-0.25, -0.2) is 4.39 Å². The maximum Gasteiger partial charge on any atom is 0.145 e. The number of hydrogen-bond donors (Lipinski definition) is 1. The van der Waals surface area contributed by atoms with Crippen LogP contribution in [0.2, 0.25) is 0 Å². The summed E-state index contributed by atoms with van der Waals surface area (Å²) < 4.78 is 19.8. The Morgan fingerprint density at radius 3 is 2.70 bits per heavy atom. The lowest BCUT2D eigenvalue weighted by atomic mass is 10.1. The largest absolute Gasteiger partial charge is 0.486 e. The third-order valence-electron chi connectivity index (χ3n) is 2.74. The molecule has 0 aliphatic heterocycles. The highest BCUT2D eigenvalue weighted by Crippen LogP contribution is 2.30. The molecule has 0 saturated heterocycles. The van der Waals surface area contributed by atoms with Gasteiger partial charge in [0.05, 0.1) is 17.3 Å². The zero-order chi connectivity index (χ0) is 14.7. The van der Waals surface area contributed by atoms with Crippen molar-refractivity contribution in [2.75, 3.05) is 5.73 Å². The summed E-state index contributed by atoms with van der Waals surface area (Å²) in [4.78, 5) is 0. The minimum absolute atomic E-state index is 0.152. The zero-order valence-electron chi connectivity index (χ0n) is 10.8. The Morgan fingerprint density at radius 1 is 1.30 bits per heavy atom. The van der Waals surface area contributed by atoms with Gasteiger partial charge in [0.15, 0.2) is 0 Å². The monoisotopic (exact) mass is 334 g/mol. The summed E-state index contributed by atoms with van der Waals surface area (Å²) in [7, 11) is 0. The molecule has 2 aromatic rings. The highest BCUT2D eigenvalue weighted by atomic mass is 79.9. The van der Waals surface area contributed by atoms with Gasteiger partial charge in [-0.15, -0.1) is 0 Å². The van der Waals surface area contributed by atoms with Crippen molar-refractivity contribution in [3.63, 3.8) is 0 Å². The molecule has 0 unspecified atom stereocenters. The van der Waals surface area contributed by atoms with Crippen molar-refractivity contribution in [1.29, 1.82) is 5.26 Å². The van der Waals surface area contributed by atoms with E-state index in [1.807, 2.05) is 19.1 Å². The molecule has 0 radical (unpaired) electrons. The predicted octanol–water partition coefficient (Wildman–Crippen LogP) is 3.93. The lowest BCUT2D eigenvalue weighted by Crippen LogP contribution is -2.01. The minimum atomic E-state index is -0.455. The Bertz CT molecular complexity index is 672. The van der Waals surface area contributed by atoms with E-state index in [1.54, 1.807) is 12.1 Å². The van der Waals surface area contributed by atoms with E-state index in [0.717, 1.165) is 10.0 Å². The van der Waals surface area contributed by atoms with Gasteiger partial charge in [0, 0.05) is 4.47 Å². The maximum absolute atomic E-state index is 13.3. The fourth-order valence-electron chi connectivity index (χ4n) is 1.91. The van der Waals surface area contributed by atoms with Crippen LogP contribution in [0.1, 0.15) is 16.7 Å². The normalized spacial score (nSPS) is 10.1. The first-order chi connectivity index (χ1) is 9.49. The smallest absolute Gasteiger partial charge is 0.145 e. The zero-order valence-corrected chi connectivity index (χ0v) is 12.4. The Labute approximate surface area is 124 Å². The summed E-state index contributed by atoms with van der Waals surface area (Å²) in [6, 6.07) is 9.65. The summed E-state index contributed by atoms with van der Waals surface area (Å²) in [5, 5.41) is 8.81. The van der Waals surface area contributed by atoms with Gasteiger partial charge in [0.2, 0.25) is 0 Å². The lowest BCUT2D eigenvalue weighted by Gasteiger charge is -2.12. The van der Waals surface area contributed by atoms with Gasteiger partial charge in [-0.2, -0.15) is 5.26 Å². The van der Waals surface area contributed by atoms with Gasteiger partial charge < -0.3 is 10.5 Å². The molecule has 0 saturated carbocycles. The molecule has 2 N–H and O–H groups in total. The SMILES string of the molecule is Cc1cc(Br)cc(N)c1OCc1cc(F)cc(C#N)c1. The van der Waals surface area contributed by atoms with E-state index < -0.39 is 5.82 Å². The molecule has 0 aromatic heterocycles. The van der Waals surface area contributed by atoms with E-state index in [1.165, 1.54) is 12.1 Å². The lowest BCUT2D eigenvalue weighted by molar-refractivity contribution is 0.305. The fraction of sp³-hybridized carbons (Fsp3) is 0.133. The Kier molecular flexibility index (Phi) is 4.26. The van der Waals surface area contributed by atoms with E-state index in [4.69, 9.17) is 15.7 Å². The number of rotatable bonds is 3. The van der Waals surface area contributed by atoms with Gasteiger partial charge >= 0.3 is 0 Å². The summed E-state index contributed by atoms with van der Waals surface area (Å²) in [5.41, 5.74) is 8.14. The Balaban J connectivity index is 2.21. The number of nitriles is 1. The number of halogens is 2. The van der Waals surface area contributed by atoms with Gasteiger partial charge in [0.1, 0.15) is 18.2 Å². The van der Waals surface area contributed by atoms with Crippen LogP contribution in [0.15, 0.2) is 34.8 Å². The van der Waals surface area contributed by atoms with Crippen molar-refractivity contribution in [2.24, 2.45) is 0 Å². The Hall–Kier alpha value is -2.06. The summed E-state index contributed by atoms with van der Waals surface area (Å²) in [6.07, 6.45) is 0. The first-order valence-corrected chi connectivity index (χ1v) is 6.67. The van der Waals surface area contributed by atoms with E-state index in [2.05, 4.69) is 15.9 Å². The van der Waals surface area contributed by atoms with Gasteiger partial charge in [0.25, 0.3) is 0 Å². The van der Waals surface area contributed by atoms with Crippen LogP contribution in [0, 0.1) is 24.1 Å². The number of ether oxygens (including phenoxy) is 1. The average Bonchev–Trinajstić information content (AvgIpc) is 2.36. The number of aryl methyl sites for hydroxylation is 1. The molecule has 0 aliphatic rings. The van der Waals surface area contributed by atoms with Crippen LogP contribution < -0.4 is 10.5 Å². The highest BCUT2D eigenvalue weighted by Gasteiger charge is 2.08. The van der Waals surface area contributed by atoms with Gasteiger partial charge in [-0.05, 0) is 48.4 Å². The maximum atomic E-state index is 13.3. The molecule has 0 aliphatic carbocycles. The van der Waals surface area contributed by atoms with E-state index in [-0.39, 0.29) is 12.2 Å². The quantitative estimate of drug-likeness (QED) is 0.865. The first kappa shape index (κ1) is 14.4. The van der Waals surface area contributed by atoms with E-state index in [9.17, 15) is 4.39 Å². The second-order valence-electron chi connectivity index (χ2n) is 4.39. The van der Waals surface area contributed by atoms with Crippen LogP contribution in [0.5, 0.6) is 5.75 Å². The molecule has 3 nitrogen and oxygen atoms in total. The van der Waals surface area contributed by atoms with Crippen molar-refractivity contribution >= 4 is 21.6 Å². The fourth-order valence-corrected chi connectivity index (χ4v) is 2.50. The summed E-state index contributed by atoms with van der Waals surface area (Å²) in [6.45, 7) is 2.03. The average molecular weight is 335 g/mol. The number of nitrogens with zero attached hydrogens (tertiary/aromatic N) is 1. The topological polar surface area (TPSA) is 59.0 Å². The molecule has 0 fully saturated rings. The van der Waals surface area contributed by atoms with Gasteiger partial charge in [-0.3, -0.25) is 0 Å². The molecular formula is C15H12BrFN2O. The first-order valence-electron chi connectivity index (χ1n) is 5.87. The van der Waals surface area contributed by atoms with Crippen molar-refractivity contribution in [3.05, 3.63) is 57.3 Å². The molecular weight excluding hydrogens is 323 g/mol. The standard InChI is InChI=1S/C15H12BrFN2O/c1-9-2-12(16)6-14(19)15(9)20-8-11-3-10(7-18)4-13(17)5-11/h2-6H,8,19H2,1H3. The molecule has 2 rings (SSSR count). The third kappa shape index (κ3) is 3.28. The molecule has 102 valence electrons. The molecule has 5 heteroatoms. The highest BCUT2D eigenvalue weighted by molar-refractivity contribution is 9.10. The third-order valence-corrected chi connectivity index (χ3v) is 3.20. The number of anilines is 1. The molecule has 2 aromatic carbocycles. The van der Waals surface area contributed by atoms with Crippen molar-refractivity contribution in [1.82, 2.24) is 0 Å². The van der Waals surface area contributed by atoms with E-state index >= 15 is 0 Å². The summed E-state index contributed by atoms with van der Waals surface area (Å²) in [5.74, 6) is 0.110. The van der Waals surface area contributed by atoms with Crippen molar-refractivity contribution in [3.8, 4) is 11.8 Å². The van der Waals surface area contributed by atoms with Crippen LogP contribution >= 0.6 is 15.9 Å². The number of nitrogens with two attached hydrogens (primary N) is 1. The van der Waals surface area contributed by atoms with Crippen LogP contribution in [0.4, 0.5) is 10.1 Å². The van der Waals surface area contributed by atoms with Crippen LogP contribution in [0.25, 0.3) is 0 Å². The van der Waals surface area contributed by atoms with Crippen LogP contribution in [-0.4, -0.2) is 0 Å². The molecule has 0 bridgehead atoms. The Morgan fingerprint density at radius 2 is 2.05 bits per heavy atom. The molecule has 0 atom stereocenters. The van der Waals surface area contributed by atoms with Crippen LogP contribution in [-0.2, 0) is 6.61 Å². The molecule has 0 heterocycles. The van der Waals surface area contributed by atoms with Crippen molar-refractivity contribution in [2.45, 2.75) is 13.5 Å². The number of nitrogen functional groups attached to an aromatic ring is 1. The number of benzene rings is 2. The molecule has 0 amide bonds. The molecule has 20 heavy (non-hydrogen) atoms. The predicted molar refractivity (Wildman–Crippen MR) is 78.7 cm³/mol. The minimum Gasteiger partial charge on any atom is -0.486 e. The number of hydrogen-bond acceptors (Lipinski definition) is 3.